The first kappa shape index (κ1) is 15.1. The average molecular weight is 333 g/mol. The molecule has 2 aromatic rings. The van der Waals surface area contributed by atoms with Crippen molar-refractivity contribution in [3.63, 3.8) is 0 Å². The molecule has 0 spiro atoms. The second kappa shape index (κ2) is 5.12. The summed E-state index contributed by atoms with van der Waals surface area (Å²) in [6, 6.07) is -0.268. The summed E-state index contributed by atoms with van der Waals surface area (Å²) in [4.78, 5) is 16.0. The highest BCUT2D eigenvalue weighted by Gasteiger charge is 2.50. The Morgan fingerprint density at radius 2 is 2.18 bits per heavy atom. The molecule has 0 radical (unpaired) electrons. The van der Waals surface area contributed by atoms with Crippen molar-refractivity contribution >= 4 is 23.0 Å². The van der Waals surface area contributed by atoms with Gasteiger partial charge in [0.1, 0.15) is 11.2 Å². The molecule has 2 heterocycles. The number of hydrogen-bond donors (Lipinski definition) is 1. The van der Waals surface area contributed by atoms with Crippen LogP contribution >= 0.6 is 11.6 Å². The molecule has 1 aliphatic carbocycles. The predicted octanol–water partition coefficient (Wildman–Crippen LogP) is 2.76. The van der Waals surface area contributed by atoms with E-state index >= 15 is 0 Å². The number of carbonyl (C=O) groups is 1. The molecule has 1 amide bonds. The van der Waals surface area contributed by atoms with Crippen LogP contribution in [-0.4, -0.2) is 32.7 Å². The lowest BCUT2D eigenvalue weighted by molar-refractivity contribution is -0.158. The van der Waals surface area contributed by atoms with Gasteiger partial charge >= 0.3 is 6.18 Å². The number of amides is 1. The van der Waals surface area contributed by atoms with E-state index < -0.39 is 24.0 Å². The van der Waals surface area contributed by atoms with Gasteiger partial charge in [0, 0.05) is 0 Å². The smallest absolute Gasteiger partial charge is 0.337 e. The van der Waals surface area contributed by atoms with Crippen molar-refractivity contribution in [2.24, 2.45) is 5.92 Å². The Kier molecular flexibility index (Phi) is 3.51. The monoisotopic (exact) mass is 332 g/mol. The summed E-state index contributed by atoms with van der Waals surface area (Å²) in [6.45, 7) is 1.75. The first-order valence-corrected chi connectivity index (χ1v) is 7.03. The third-order valence-electron chi connectivity index (χ3n) is 3.61. The first-order valence-electron chi connectivity index (χ1n) is 6.66. The molecular formula is C13H12ClF3N4O. The SMILES string of the molecule is Cc1cc(Cl)nn2c(C(=O)NC(C3CC3)C(F)(F)F)ncc12. The third kappa shape index (κ3) is 2.75. The van der Waals surface area contributed by atoms with Gasteiger partial charge in [0.25, 0.3) is 5.91 Å². The molecule has 1 N–H and O–H groups in total. The summed E-state index contributed by atoms with van der Waals surface area (Å²) in [5.41, 5.74) is 1.24. The van der Waals surface area contributed by atoms with Crippen molar-refractivity contribution in [2.75, 3.05) is 0 Å². The van der Waals surface area contributed by atoms with Gasteiger partial charge in [-0.25, -0.2) is 9.50 Å². The Labute approximate surface area is 128 Å². The van der Waals surface area contributed by atoms with E-state index in [1.807, 2.05) is 5.32 Å². The first-order chi connectivity index (χ1) is 10.3. The van der Waals surface area contributed by atoms with E-state index in [0.717, 1.165) is 10.1 Å². The molecular weight excluding hydrogens is 321 g/mol. The van der Waals surface area contributed by atoms with Crippen LogP contribution in [0, 0.1) is 12.8 Å². The Balaban J connectivity index is 1.92. The van der Waals surface area contributed by atoms with Crippen molar-refractivity contribution in [3.8, 4) is 0 Å². The molecule has 2 aromatic heterocycles. The van der Waals surface area contributed by atoms with Crippen molar-refractivity contribution < 1.29 is 18.0 Å². The van der Waals surface area contributed by atoms with E-state index in [4.69, 9.17) is 11.6 Å². The van der Waals surface area contributed by atoms with Gasteiger partial charge in [-0.1, -0.05) is 11.6 Å². The highest BCUT2D eigenvalue weighted by Crippen LogP contribution is 2.40. The number of rotatable bonds is 3. The zero-order valence-corrected chi connectivity index (χ0v) is 12.2. The van der Waals surface area contributed by atoms with Gasteiger partial charge < -0.3 is 5.32 Å². The largest absolute Gasteiger partial charge is 0.408 e. The molecule has 3 rings (SSSR count). The number of hydrogen-bond acceptors (Lipinski definition) is 3. The van der Waals surface area contributed by atoms with Crippen LogP contribution in [0.4, 0.5) is 13.2 Å². The fourth-order valence-electron chi connectivity index (χ4n) is 2.35. The van der Waals surface area contributed by atoms with E-state index in [-0.39, 0.29) is 11.0 Å². The zero-order chi connectivity index (χ0) is 16.1. The lowest BCUT2D eigenvalue weighted by atomic mass is 10.2. The fourth-order valence-corrected chi connectivity index (χ4v) is 2.59. The quantitative estimate of drug-likeness (QED) is 0.940. The van der Waals surface area contributed by atoms with Gasteiger partial charge in [-0.2, -0.15) is 18.3 Å². The summed E-state index contributed by atoms with van der Waals surface area (Å²) in [5, 5.41) is 6.08. The van der Waals surface area contributed by atoms with Crippen LogP contribution in [0.3, 0.4) is 0 Å². The Hall–Kier alpha value is -1.83. The molecule has 22 heavy (non-hydrogen) atoms. The molecule has 1 unspecified atom stereocenters. The van der Waals surface area contributed by atoms with Gasteiger partial charge in [-0.05, 0) is 37.3 Å². The van der Waals surface area contributed by atoms with Gasteiger partial charge in [-0.3, -0.25) is 4.79 Å². The maximum Gasteiger partial charge on any atom is 0.408 e. The molecule has 0 aromatic carbocycles. The van der Waals surface area contributed by atoms with Crippen molar-refractivity contribution in [3.05, 3.63) is 28.8 Å². The molecule has 1 atom stereocenters. The van der Waals surface area contributed by atoms with E-state index in [2.05, 4.69) is 10.1 Å². The zero-order valence-electron chi connectivity index (χ0n) is 11.5. The Bertz CT molecular complexity index is 739. The number of fused-ring (bicyclic) bond motifs is 1. The standard InChI is InChI=1S/C13H12ClF3N4O/c1-6-4-9(14)20-21-8(6)5-18-11(21)12(22)19-10(7-2-3-7)13(15,16)17/h4-5,7,10H,2-3H2,1H3,(H,19,22). The maximum absolute atomic E-state index is 13.0. The number of nitrogens with one attached hydrogen (secondary N) is 1. The molecule has 1 aliphatic rings. The molecule has 1 saturated carbocycles. The number of aryl methyl sites for hydroxylation is 1. The van der Waals surface area contributed by atoms with E-state index in [1.165, 1.54) is 6.20 Å². The molecule has 1 fully saturated rings. The summed E-state index contributed by atoms with van der Waals surface area (Å²) >= 11 is 5.82. The predicted molar refractivity (Wildman–Crippen MR) is 72.8 cm³/mol. The minimum absolute atomic E-state index is 0.131. The minimum atomic E-state index is -4.48. The number of alkyl halides is 3. The van der Waals surface area contributed by atoms with Crippen LogP contribution in [-0.2, 0) is 0 Å². The Morgan fingerprint density at radius 3 is 2.77 bits per heavy atom. The van der Waals surface area contributed by atoms with Crippen molar-refractivity contribution in [1.82, 2.24) is 19.9 Å². The highest BCUT2D eigenvalue weighted by molar-refractivity contribution is 6.29. The molecule has 0 saturated heterocycles. The summed E-state index contributed by atoms with van der Waals surface area (Å²) in [6.07, 6.45) is -2.19. The topological polar surface area (TPSA) is 59.3 Å². The summed E-state index contributed by atoms with van der Waals surface area (Å²) < 4.78 is 40.1. The van der Waals surface area contributed by atoms with Crippen LogP contribution in [0.25, 0.3) is 5.52 Å². The minimum Gasteiger partial charge on any atom is -0.337 e. The van der Waals surface area contributed by atoms with Crippen molar-refractivity contribution in [1.29, 1.82) is 0 Å². The highest BCUT2D eigenvalue weighted by atomic mass is 35.5. The molecule has 5 nitrogen and oxygen atoms in total. The van der Waals surface area contributed by atoms with E-state index in [9.17, 15) is 18.0 Å². The summed E-state index contributed by atoms with van der Waals surface area (Å²) in [5.74, 6) is -1.69. The fraction of sp³-hybridized carbons (Fsp3) is 0.462. The van der Waals surface area contributed by atoms with Crippen molar-refractivity contribution in [2.45, 2.75) is 32.0 Å². The number of nitrogens with zero attached hydrogens (tertiary/aromatic N) is 3. The van der Waals surface area contributed by atoms with Gasteiger partial charge in [0.2, 0.25) is 5.82 Å². The third-order valence-corrected chi connectivity index (χ3v) is 3.79. The molecule has 0 bridgehead atoms. The van der Waals surface area contributed by atoms with Crippen LogP contribution in [0.15, 0.2) is 12.3 Å². The number of imidazole rings is 1. The van der Waals surface area contributed by atoms with Crippen LogP contribution in [0.2, 0.25) is 5.15 Å². The van der Waals surface area contributed by atoms with Gasteiger partial charge in [0.05, 0.1) is 11.7 Å². The average Bonchev–Trinajstić information content (AvgIpc) is 3.13. The summed E-state index contributed by atoms with van der Waals surface area (Å²) in [7, 11) is 0. The molecule has 118 valence electrons. The maximum atomic E-state index is 13.0. The lowest BCUT2D eigenvalue weighted by Crippen LogP contribution is -2.47. The molecule has 9 heteroatoms. The Morgan fingerprint density at radius 1 is 1.50 bits per heavy atom. The lowest BCUT2D eigenvalue weighted by Gasteiger charge is -2.20. The van der Waals surface area contributed by atoms with E-state index in [0.29, 0.717) is 18.4 Å². The normalized spacial score (nSPS) is 16.8. The number of carbonyl (C=O) groups excluding carboxylic acids is 1. The van der Waals surface area contributed by atoms with Gasteiger partial charge in [0.15, 0.2) is 0 Å². The molecule has 0 aliphatic heterocycles. The second-order valence-electron chi connectivity index (χ2n) is 5.36. The van der Waals surface area contributed by atoms with Crippen LogP contribution in [0.5, 0.6) is 0 Å². The van der Waals surface area contributed by atoms with Crippen LogP contribution < -0.4 is 5.32 Å². The van der Waals surface area contributed by atoms with Gasteiger partial charge in [-0.15, -0.1) is 0 Å². The second-order valence-corrected chi connectivity index (χ2v) is 5.75. The number of halogens is 4. The van der Waals surface area contributed by atoms with Crippen LogP contribution in [0.1, 0.15) is 29.0 Å². The number of aromatic nitrogens is 3. The van der Waals surface area contributed by atoms with E-state index in [1.54, 1.807) is 13.0 Å².